The molecule has 0 bridgehead atoms. The van der Waals surface area contributed by atoms with Crippen LogP contribution in [0.25, 0.3) is 28.2 Å². The number of sulfonamides is 1. The third-order valence-electron chi connectivity index (χ3n) is 6.81. The van der Waals surface area contributed by atoms with Crippen LogP contribution in [0.4, 0.5) is 21.8 Å². The number of imidazole rings is 1. The van der Waals surface area contributed by atoms with Crippen molar-refractivity contribution < 1.29 is 12.8 Å². The van der Waals surface area contributed by atoms with E-state index in [9.17, 15) is 12.8 Å². The molecule has 5 aromatic rings. The molecule has 1 N–H and O–H groups in total. The van der Waals surface area contributed by atoms with Crippen molar-refractivity contribution in [3.63, 3.8) is 0 Å². The van der Waals surface area contributed by atoms with E-state index < -0.39 is 16.0 Å². The van der Waals surface area contributed by atoms with Crippen molar-refractivity contribution in [2.75, 3.05) is 42.1 Å². The molecule has 5 aromatic heterocycles. The van der Waals surface area contributed by atoms with E-state index >= 15 is 0 Å². The van der Waals surface area contributed by atoms with Crippen LogP contribution in [0.1, 0.15) is 6.92 Å². The molecule has 0 spiro atoms. The zero-order valence-corrected chi connectivity index (χ0v) is 22.5. The lowest BCUT2D eigenvalue weighted by atomic mass is 10.1. The quantitative estimate of drug-likeness (QED) is 0.298. The Labute approximate surface area is 230 Å². The number of hydrogen-bond donors (Lipinski definition) is 1. The van der Waals surface area contributed by atoms with Gasteiger partial charge >= 0.3 is 0 Å². The summed E-state index contributed by atoms with van der Waals surface area (Å²) in [5.41, 5.74) is 4.56. The maximum atomic E-state index is 13.3. The Morgan fingerprint density at radius 3 is 2.42 bits per heavy atom. The van der Waals surface area contributed by atoms with Gasteiger partial charge in [0.05, 0.1) is 35.2 Å². The molecule has 1 aliphatic heterocycles. The number of halogens is 1. The standard InChI is InChI=1S/C27H26FN9O2S/c1-2-40(38,39)36-13-11-35(12-14-36)25-8-5-21(16-31-25)33-27-29-10-9-22(34-27)23-17-32-26-7-4-20(18-37(23)26)19-3-6-24(28)30-15-19/h3-10,15-18H,2,11-14H2,1H3,(H,29,33,34). The lowest BCUT2D eigenvalue weighted by molar-refractivity contribution is 0.384. The minimum Gasteiger partial charge on any atom is -0.354 e. The molecule has 204 valence electrons. The Morgan fingerprint density at radius 1 is 0.875 bits per heavy atom. The van der Waals surface area contributed by atoms with E-state index in [1.54, 1.807) is 37.6 Å². The summed E-state index contributed by atoms with van der Waals surface area (Å²) in [5.74, 6) is 0.772. The van der Waals surface area contributed by atoms with Crippen LogP contribution in [0.3, 0.4) is 0 Å². The van der Waals surface area contributed by atoms with Gasteiger partial charge in [0.15, 0.2) is 0 Å². The summed E-state index contributed by atoms with van der Waals surface area (Å²) in [6.45, 7) is 3.73. The van der Waals surface area contributed by atoms with E-state index in [4.69, 9.17) is 0 Å². The summed E-state index contributed by atoms with van der Waals surface area (Å²) in [6.07, 6.45) is 8.54. The first-order chi connectivity index (χ1) is 19.4. The molecule has 0 aliphatic carbocycles. The summed E-state index contributed by atoms with van der Waals surface area (Å²) >= 11 is 0. The van der Waals surface area contributed by atoms with Crippen molar-refractivity contribution in [3.05, 3.63) is 79.4 Å². The second-order valence-electron chi connectivity index (χ2n) is 9.24. The fraction of sp³-hybridized carbons (Fsp3) is 0.222. The average Bonchev–Trinajstić information content (AvgIpc) is 3.42. The zero-order chi connectivity index (χ0) is 27.7. The highest BCUT2D eigenvalue weighted by molar-refractivity contribution is 7.89. The van der Waals surface area contributed by atoms with Gasteiger partial charge in [0.25, 0.3) is 0 Å². The van der Waals surface area contributed by atoms with Crippen molar-refractivity contribution in [2.45, 2.75) is 6.92 Å². The van der Waals surface area contributed by atoms with Crippen molar-refractivity contribution in [2.24, 2.45) is 0 Å². The summed E-state index contributed by atoms with van der Waals surface area (Å²) in [4.78, 5) is 23.9. The van der Waals surface area contributed by atoms with Crippen LogP contribution in [0.5, 0.6) is 0 Å². The van der Waals surface area contributed by atoms with Crippen LogP contribution in [0.2, 0.25) is 0 Å². The second kappa shape index (κ2) is 10.6. The molecule has 0 aromatic carbocycles. The van der Waals surface area contributed by atoms with E-state index in [0.29, 0.717) is 37.8 Å². The van der Waals surface area contributed by atoms with Crippen molar-refractivity contribution >= 4 is 33.1 Å². The first-order valence-corrected chi connectivity index (χ1v) is 14.4. The van der Waals surface area contributed by atoms with Crippen LogP contribution in [0, 0.1) is 5.95 Å². The Morgan fingerprint density at radius 2 is 1.70 bits per heavy atom. The summed E-state index contributed by atoms with van der Waals surface area (Å²) in [7, 11) is -3.17. The fourth-order valence-electron chi connectivity index (χ4n) is 4.60. The zero-order valence-electron chi connectivity index (χ0n) is 21.6. The minimum absolute atomic E-state index is 0.112. The molecule has 0 saturated carbocycles. The van der Waals surface area contributed by atoms with Crippen LogP contribution >= 0.6 is 0 Å². The van der Waals surface area contributed by atoms with Gasteiger partial charge in [-0.15, -0.1) is 0 Å². The molecule has 6 heterocycles. The van der Waals surface area contributed by atoms with Crippen LogP contribution in [-0.2, 0) is 10.0 Å². The van der Waals surface area contributed by atoms with E-state index in [-0.39, 0.29) is 5.75 Å². The number of rotatable bonds is 7. The number of anilines is 3. The van der Waals surface area contributed by atoms with Gasteiger partial charge in [0.1, 0.15) is 11.5 Å². The SMILES string of the molecule is CCS(=O)(=O)N1CCN(c2ccc(Nc3nccc(-c4cnc5ccc(-c6ccc(F)nc6)cn45)n3)cn2)CC1. The van der Waals surface area contributed by atoms with Crippen molar-refractivity contribution in [1.29, 1.82) is 0 Å². The topological polar surface area (TPSA) is 122 Å². The molecule has 1 saturated heterocycles. The van der Waals surface area contributed by atoms with E-state index in [2.05, 4.69) is 35.1 Å². The van der Waals surface area contributed by atoms with E-state index in [1.165, 1.54) is 16.6 Å². The Kier molecular flexibility index (Phi) is 6.82. The molecule has 6 rings (SSSR count). The first-order valence-electron chi connectivity index (χ1n) is 12.8. The predicted molar refractivity (Wildman–Crippen MR) is 150 cm³/mol. The number of hydrogen-bond acceptors (Lipinski definition) is 9. The molecule has 1 aliphatic rings. The van der Waals surface area contributed by atoms with Gasteiger partial charge in [-0.3, -0.25) is 4.40 Å². The van der Waals surface area contributed by atoms with Gasteiger partial charge in [-0.2, -0.15) is 8.70 Å². The van der Waals surface area contributed by atoms with Gasteiger partial charge < -0.3 is 10.2 Å². The van der Waals surface area contributed by atoms with Gasteiger partial charge in [-0.1, -0.05) is 0 Å². The molecule has 0 radical (unpaired) electrons. The summed E-state index contributed by atoms with van der Waals surface area (Å²) in [6, 6.07) is 12.4. The first kappa shape index (κ1) is 25.8. The highest BCUT2D eigenvalue weighted by Gasteiger charge is 2.25. The molecule has 13 heteroatoms. The molecule has 0 atom stereocenters. The van der Waals surface area contributed by atoms with Gasteiger partial charge in [-0.25, -0.2) is 33.3 Å². The third-order valence-corrected chi connectivity index (χ3v) is 8.69. The van der Waals surface area contributed by atoms with Crippen LogP contribution in [0.15, 0.2) is 73.4 Å². The third kappa shape index (κ3) is 5.20. The summed E-state index contributed by atoms with van der Waals surface area (Å²) < 4.78 is 41.0. The molecular weight excluding hydrogens is 533 g/mol. The highest BCUT2D eigenvalue weighted by Crippen LogP contribution is 2.25. The number of piperazine rings is 1. The monoisotopic (exact) mass is 559 g/mol. The number of nitrogens with one attached hydrogen (secondary N) is 1. The number of pyridine rings is 3. The van der Waals surface area contributed by atoms with Crippen LogP contribution in [-0.4, -0.2) is 74.0 Å². The van der Waals surface area contributed by atoms with Crippen molar-refractivity contribution in [3.8, 4) is 22.5 Å². The molecule has 11 nitrogen and oxygen atoms in total. The van der Waals surface area contributed by atoms with Gasteiger partial charge in [0, 0.05) is 55.9 Å². The van der Waals surface area contributed by atoms with Gasteiger partial charge in [0.2, 0.25) is 21.9 Å². The predicted octanol–water partition coefficient (Wildman–Crippen LogP) is 3.60. The Hall–Kier alpha value is -4.49. The maximum absolute atomic E-state index is 13.3. The molecule has 0 amide bonds. The second-order valence-corrected chi connectivity index (χ2v) is 11.5. The number of fused-ring (bicyclic) bond motifs is 1. The lowest BCUT2D eigenvalue weighted by Gasteiger charge is -2.34. The largest absolute Gasteiger partial charge is 0.354 e. The van der Waals surface area contributed by atoms with Crippen LogP contribution < -0.4 is 10.2 Å². The van der Waals surface area contributed by atoms with Gasteiger partial charge in [-0.05, 0) is 49.4 Å². The molecule has 0 unspecified atom stereocenters. The lowest BCUT2D eigenvalue weighted by Crippen LogP contribution is -2.49. The molecular formula is C27H26FN9O2S. The average molecular weight is 560 g/mol. The Bertz CT molecular complexity index is 1750. The smallest absolute Gasteiger partial charge is 0.227 e. The minimum atomic E-state index is -3.17. The van der Waals surface area contributed by atoms with Crippen molar-refractivity contribution in [1.82, 2.24) is 33.6 Å². The molecule has 40 heavy (non-hydrogen) atoms. The fourth-order valence-corrected chi connectivity index (χ4v) is 5.69. The molecule has 1 fully saturated rings. The normalized spacial score (nSPS) is 14.5. The number of nitrogens with zero attached hydrogens (tertiary/aromatic N) is 8. The van der Waals surface area contributed by atoms with E-state index in [1.807, 2.05) is 34.9 Å². The Balaban J connectivity index is 1.18. The summed E-state index contributed by atoms with van der Waals surface area (Å²) in [5, 5.41) is 3.20. The number of aromatic nitrogens is 6. The highest BCUT2D eigenvalue weighted by atomic mass is 32.2. The van der Waals surface area contributed by atoms with E-state index in [0.717, 1.165) is 34.0 Å². The maximum Gasteiger partial charge on any atom is 0.227 e.